The van der Waals surface area contributed by atoms with Gasteiger partial charge in [-0.25, -0.2) is 0 Å². The maximum atomic E-state index is 13.8. The number of carbonyl (C=O) groups excluding carboxylic acids is 1. The van der Waals surface area contributed by atoms with Crippen LogP contribution in [0.15, 0.2) is 72.8 Å². The summed E-state index contributed by atoms with van der Waals surface area (Å²) in [5.74, 6) is 0.622. The number of anilines is 1. The van der Waals surface area contributed by atoms with E-state index in [2.05, 4.69) is 55.1 Å². The van der Waals surface area contributed by atoms with Crippen molar-refractivity contribution < 1.29 is 9.53 Å². The van der Waals surface area contributed by atoms with Gasteiger partial charge in [0, 0.05) is 31.4 Å². The molecular formula is C28H32N2O2. The summed E-state index contributed by atoms with van der Waals surface area (Å²) in [4.78, 5) is 18.3. The van der Waals surface area contributed by atoms with Gasteiger partial charge in [-0.05, 0) is 62.1 Å². The summed E-state index contributed by atoms with van der Waals surface area (Å²) >= 11 is 0. The van der Waals surface area contributed by atoms with Gasteiger partial charge >= 0.3 is 0 Å². The van der Waals surface area contributed by atoms with Crippen LogP contribution in [0, 0.1) is 13.8 Å². The first-order valence-corrected chi connectivity index (χ1v) is 11.4. The van der Waals surface area contributed by atoms with Crippen molar-refractivity contribution in [3.63, 3.8) is 0 Å². The van der Waals surface area contributed by atoms with Gasteiger partial charge in [0.15, 0.2) is 0 Å². The molecule has 0 saturated carbocycles. The largest absolute Gasteiger partial charge is 0.496 e. The Morgan fingerprint density at radius 1 is 0.938 bits per heavy atom. The molecule has 0 aliphatic carbocycles. The van der Waals surface area contributed by atoms with Gasteiger partial charge in [0.2, 0.25) is 0 Å². The Kier molecular flexibility index (Phi) is 6.91. The van der Waals surface area contributed by atoms with E-state index in [9.17, 15) is 4.79 Å². The zero-order valence-electron chi connectivity index (χ0n) is 19.3. The summed E-state index contributed by atoms with van der Waals surface area (Å²) in [5.41, 5.74) is 5.35. The van der Waals surface area contributed by atoms with Crippen LogP contribution >= 0.6 is 0 Å². The van der Waals surface area contributed by atoms with Crippen LogP contribution in [0.1, 0.15) is 39.9 Å². The second-order valence-corrected chi connectivity index (χ2v) is 8.71. The maximum absolute atomic E-state index is 13.8. The van der Waals surface area contributed by atoms with Crippen LogP contribution in [0.25, 0.3) is 0 Å². The Morgan fingerprint density at radius 2 is 1.66 bits per heavy atom. The molecule has 1 aliphatic heterocycles. The average Bonchev–Trinajstić information content (AvgIpc) is 2.82. The molecule has 0 unspecified atom stereocenters. The second kappa shape index (κ2) is 10.0. The molecule has 0 N–H and O–H groups in total. The summed E-state index contributed by atoms with van der Waals surface area (Å²) in [5, 5.41) is 0. The van der Waals surface area contributed by atoms with Crippen molar-refractivity contribution >= 4 is 11.6 Å². The molecular weight excluding hydrogens is 396 g/mol. The lowest BCUT2D eigenvalue weighted by Gasteiger charge is -2.39. The number of hydrogen-bond donors (Lipinski definition) is 0. The lowest BCUT2D eigenvalue weighted by atomic mass is 9.99. The summed E-state index contributed by atoms with van der Waals surface area (Å²) < 4.78 is 5.50. The fraction of sp³-hybridized carbons (Fsp3) is 0.321. The van der Waals surface area contributed by atoms with Crippen LogP contribution in [-0.2, 0) is 6.54 Å². The van der Waals surface area contributed by atoms with Crippen molar-refractivity contribution in [2.24, 2.45) is 0 Å². The number of hydrogen-bond acceptors (Lipinski definition) is 3. The molecule has 166 valence electrons. The number of ether oxygens (including phenoxy) is 1. The van der Waals surface area contributed by atoms with Crippen LogP contribution in [-0.4, -0.2) is 37.0 Å². The number of methoxy groups -OCH3 is 1. The molecule has 1 saturated heterocycles. The lowest BCUT2D eigenvalue weighted by Crippen LogP contribution is -2.47. The number of piperidine rings is 1. The van der Waals surface area contributed by atoms with Gasteiger partial charge in [0.1, 0.15) is 5.75 Å². The van der Waals surface area contributed by atoms with Gasteiger partial charge < -0.3 is 9.64 Å². The minimum Gasteiger partial charge on any atom is -0.496 e. The third kappa shape index (κ3) is 5.03. The van der Waals surface area contributed by atoms with Crippen LogP contribution in [0.4, 0.5) is 5.69 Å². The van der Waals surface area contributed by atoms with Crippen molar-refractivity contribution in [3.8, 4) is 5.75 Å². The topological polar surface area (TPSA) is 32.8 Å². The Hall–Kier alpha value is -3.11. The summed E-state index contributed by atoms with van der Waals surface area (Å²) in [7, 11) is 1.62. The Balaban J connectivity index is 1.54. The van der Waals surface area contributed by atoms with E-state index >= 15 is 0 Å². The van der Waals surface area contributed by atoms with E-state index in [-0.39, 0.29) is 11.9 Å². The van der Waals surface area contributed by atoms with Crippen LogP contribution in [0.5, 0.6) is 5.75 Å². The molecule has 1 aliphatic rings. The average molecular weight is 429 g/mol. The van der Waals surface area contributed by atoms with Gasteiger partial charge in [-0.2, -0.15) is 0 Å². The lowest BCUT2D eigenvalue weighted by molar-refractivity contribution is 0.0955. The first kappa shape index (κ1) is 22.1. The van der Waals surface area contributed by atoms with Crippen molar-refractivity contribution in [3.05, 3.63) is 95.1 Å². The number of rotatable bonds is 6. The predicted molar refractivity (Wildman–Crippen MR) is 130 cm³/mol. The predicted octanol–water partition coefficient (Wildman–Crippen LogP) is 5.62. The number of amides is 1. The first-order valence-electron chi connectivity index (χ1n) is 11.4. The van der Waals surface area contributed by atoms with E-state index in [1.165, 1.54) is 11.1 Å². The van der Waals surface area contributed by atoms with Gasteiger partial charge in [-0.3, -0.25) is 9.69 Å². The van der Waals surface area contributed by atoms with E-state index in [0.717, 1.165) is 43.7 Å². The van der Waals surface area contributed by atoms with Crippen molar-refractivity contribution in [1.82, 2.24) is 4.90 Å². The van der Waals surface area contributed by atoms with Crippen molar-refractivity contribution in [2.75, 3.05) is 25.1 Å². The number of para-hydroxylation sites is 1. The van der Waals surface area contributed by atoms with Gasteiger partial charge in [-0.15, -0.1) is 0 Å². The highest BCUT2D eigenvalue weighted by Crippen LogP contribution is 2.29. The van der Waals surface area contributed by atoms with Gasteiger partial charge in [0.05, 0.1) is 12.7 Å². The molecule has 3 aromatic rings. The van der Waals surface area contributed by atoms with Gasteiger partial charge in [-0.1, -0.05) is 54.1 Å². The minimum absolute atomic E-state index is 0.00466. The SMILES string of the molecule is COc1ccccc1C(=O)N(c1cccc(C)c1)C1CCN(Cc2ccc(C)cc2)CC1. The molecule has 0 bridgehead atoms. The molecule has 0 radical (unpaired) electrons. The first-order chi connectivity index (χ1) is 15.5. The molecule has 3 aromatic carbocycles. The van der Waals surface area contributed by atoms with E-state index in [4.69, 9.17) is 4.74 Å². The van der Waals surface area contributed by atoms with E-state index < -0.39 is 0 Å². The molecule has 0 atom stereocenters. The van der Waals surface area contributed by atoms with Crippen LogP contribution < -0.4 is 9.64 Å². The highest BCUT2D eigenvalue weighted by molar-refractivity contribution is 6.08. The molecule has 4 heteroatoms. The summed E-state index contributed by atoms with van der Waals surface area (Å²) in [6, 6.07) is 24.7. The zero-order valence-corrected chi connectivity index (χ0v) is 19.3. The molecule has 4 rings (SSSR count). The molecule has 0 aromatic heterocycles. The quantitative estimate of drug-likeness (QED) is 0.511. The Bertz CT molecular complexity index is 1050. The number of aryl methyl sites for hydroxylation is 2. The zero-order chi connectivity index (χ0) is 22.5. The third-order valence-electron chi connectivity index (χ3n) is 6.29. The maximum Gasteiger partial charge on any atom is 0.262 e. The molecule has 32 heavy (non-hydrogen) atoms. The number of nitrogens with zero attached hydrogens (tertiary/aromatic N) is 2. The highest BCUT2D eigenvalue weighted by Gasteiger charge is 2.31. The summed E-state index contributed by atoms with van der Waals surface area (Å²) in [6.07, 6.45) is 1.89. The summed E-state index contributed by atoms with van der Waals surface area (Å²) in [6.45, 7) is 7.09. The molecule has 1 heterocycles. The minimum atomic E-state index is 0.00466. The second-order valence-electron chi connectivity index (χ2n) is 8.71. The van der Waals surface area contributed by atoms with Crippen LogP contribution in [0.3, 0.4) is 0 Å². The van der Waals surface area contributed by atoms with E-state index in [1.807, 2.05) is 41.3 Å². The van der Waals surface area contributed by atoms with Crippen molar-refractivity contribution in [1.29, 1.82) is 0 Å². The van der Waals surface area contributed by atoms with E-state index in [0.29, 0.717) is 11.3 Å². The molecule has 4 nitrogen and oxygen atoms in total. The third-order valence-corrected chi connectivity index (χ3v) is 6.29. The number of carbonyl (C=O) groups is 1. The highest BCUT2D eigenvalue weighted by atomic mass is 16.5. The number of likely N-dealkylation sites (tertiary alicyclic amines) is 1. The molecule has 1 fully saturated rings. The normalized spacial score (nSPS) is 14.8. The molecule has 0 spiro atoms. The van der Waals surface area contributed by atoms with Gasteiger partial charge in [0.25, 0.3) is 5.91 Å². The fourth-order valence-corrected chi connectivity index (χ4v) is 4.51. The van der Waals surface area contributed by atoms with Crippen molar-refractivity contribution in [2.45, 2.75) is 39.3 Å². The standard InChI is InChI=1S/C28H32N2O2/c1-21-11-13-23(14-12-21)20-29-17-15-24(16-18-29)30(25-8-6-7-22(2)19-25)28(31)26-9-4-5-10-27(26)32-3/h4-14,19,24H,15-18,20H2,1-3H3. The number of benzene rings is 3. The Labute approximate surface area is 191 Å². The Morgan fingerprint density at radius 3 is 2.34 bits per heavy atom. The monoisotopic (exact) mass is 428 g/mol. The van der Waals surface area contributed by atoms with Crippen LogP contribution in [0.2, 0.25) is 0 Å². The fourth-order valence-electron chi connectivity index (χ4n) is 4.51. The smallest absolute Gasteiger partial charge is 0.262 e. The van der Waals surface area contributed by atoms with E-state index in [1.54, 1.807) is 7.11 Å². The molecule has 1 amide bonds.